The third-order valence-corrected chi connectivity index (χ3v) is 6.16. The van der Waals surface area contributed by atoms with Gasteiger partial charge in [0.25, 0.3) is 5.91 Å². The maximum atomic E-state index is 13.6. The number of hydrogen-bond acceptors (Lipinski definition) is 5. The van der Waals surface area contributed by atoms with Crippen molar-refractivity contribution in [3.8, 4) is 5.75 Å². The van der Waals surface area contributed by atoms with Crippen LogP contribution >= 0.6 is 0 Å². The van der Waals surface area contributed by atoms with Gasteiger partial charge in [-0.3, -0.25) is 4.79 Å². The Morgan fingerprint density at radius 3 is 2.44 bits per heavy atom. The molecule has 0 aliphatic carbocycles. The van der Waals surface area contributed by atoms with Crippen molar-refractivity contribution in [1.82, 2.24) is 5.32 Å². The maximum absolute atomic E-state index is 13.6. The summed E-state index contributed by atoms with van der Waals surface area (Å²) in [7, 11) is 0. The molecule has 0 aromatic heterocycles. The molecular formula is C30H32N2O4. The molecule has 3 aromatic rings. The lowest BCUT2D eigenvalue weighted by Gasteiger charge is -2.27. The zero-order valence-corrected chi connectivity index (χ0v) is 20.5. The Balaban J connectivity index is 1.56. The fraction of sp³-hybridized carbons (Fsp3) is 0.267. The van der Waals surface area contributed by atoms with Gasteiger partial charge in [-0.2, -0.15) is 0 Å². The average molecular weight is 485 g/mol. The molecule has 0 saturated carbocycles. The molecule has 0 bridgehead atoms. The van der Waals surface area contributed by atoms with E-state index in [1.807, 2.05) is 104 Å². The van der Waals surface area contributed by atoms with Crippen LogP contribution in [0.3, 0.4) is 0 Å². The van der Waals surface area contributed by atoms with Gasteiger partial charge >= 0.3 is 0 Å². The lowest BCUT2D eigenvalue weighted by atomic mass is 9.88. The van der Waals surface area contributed by atoms with Gasteiger partial charge in [0.05, 0.1) is 6.61 Å². The molecule has 0 radical (unpaired) electrons. The van der Waals surface area contributed by atoms with Gasteiger partial charge < -0.3 is 19.9 Å². The van der Waals surface area contributed by atoms with E-state index in [2.05, 4.69) is 5.32 Å². The second kappa shape index (κ2) is 12.2. The molecule has 1 aliphatic rings. The lowest BCUT2D eigenvalue weighted by Crippen LogP contribution is -2.50. The number of hydrogen-bond donors (Lipinski definition) is 2. The van der Waals surface area contributed by atoms with Crippen LogP contribution < -0.4 is 10.1 Å². The number of benzene rings is 3. The van der Waals surface area contributed by atoms with E-state index in [1.54, 1.807) is 0 Å². The topological polar surface area (TPSA) is 80.2 Å². The van der Waals surface area contributed by atoms with Crippen LogP contribution in [-0.4, -0.2) is 41.8 Å². The summed E-state index contributed by atoms with van der Waals surface area (Å²) < 4.78 is 11.8. The van der Waals surface area contributed by atoms with Crippen molar-refractivity contribution in [1.29, 1.82) is 0 Å². The van der Waals surface area contributed by atoms with Crippen LogP contribution in [0.4, 0.5) is 0 Å². The summed E-state index contributed by atoms with van der Waals surface area (Å²) in [4.78, 5) is 18.5. The Hall–Kier alpha value is -3.90. The van der Waals surface area contributed by atoms with Crippen molar-refractivity contribution >= 4 is 17.9 Å². The first-order valence-electron chi connectivity index (χ1n) is 12.2. The van der Waals surface area contributed by atoms with E-state index in [0.717, 1.165) is 16.7 Å². The van der Waals surface area contributed by atoms with Gasteiger partial charge in [-0.1, -0.05) is 72.8 Å². The Morgan fingerprint density at radius 1 is 1.06 bits per heavy atom. The summed E-state index contributed by atoms with van der Waals surface area (Å²) in [6.45, 7) is 2.85. The van der Waals surface area contributed by atoms with E-state index < -0.39 is 11.6 Å². The highest BCUT2D eigenvalue weighted by atomic mass is 16.5. The van der Waals surface area contributed by atoms with Crippen LogP contribution in [0.15, 0.2) is 96.0 Å². The van der Waals surface area contributed by atoms with Crippen molar-refractivity contribution < 1.29 is 19.4 Å². The number of ether oxygens (including phenoxy) is 2. The van der Waals surface area contributed by atoms with Crippen LogP contribution in [0.2, 0.25) is 0 Å². The van der Waals surface area contributed by atoms with Crippen molar-refractivity contribution in [2.45, 2.75) is 38.0 Å². The first-order valence-corrected chi connectivity index (χ1v) is 12.2. The molecular weight excluding hydrogens is 452 g/mol. The second-order valence-corrected chi connectivity index (χ2v) is 8.74. The van der Waals surface area contributed by atoms with Gasteiger partial charge in [0.1, 0.15) is 11.9 Å². The van der Waals surface area contributed by atoms with Crippen molar-refractivity contribution in [3.05, 3.63) is 108 Å². The fourth-order valence-electron chi connectivity index (χ4n) is 4.05. The summed E-state index contributed by atoms with van der Waals surface area (Å²) >= 11 is 0. The molecule has 3 aromatic carbocycles. The summed E-state index contributed by atoms with van der Waals surface area (Å²) in [6, 6.07) is 27.2. The molecule has 0 unspecified atom stereocenters. The fourth-order valence-corrected chi connectivity index (χ4v) is 4.05. The van der Waals surface area contributed by atoms with E-state index in [0.29, 0.717) is 37.6 Å². The number of nitrogens with zero attached hydrogens (tertiary/aromatic N) is 1. The van der Waals surface area contributed by atoms with Crippen molar-refractivity contribution in [2.24, 2.45) is 4.99 Å². The number of amides is 1. The van der Waals surface area contributed by atoms with E-state index in [-0.39, 0.29) is 12.5 Å². The Kier molecular flexibility index (Phi) is 8.53. The normalized spacial score (nSPS) is 19.1. The summed E-state index contributed by atoms with van der Waals surface area (Å²) in [5.74, 6) is 0.972. The summed E-state index contributed by atoms with van der Waals surface area (Å²) in [5.41, 5.74) is 1.77. The van der Waals surface area contributed by atoms with Crippen molar-refractivity contribution in [2.75, 3.05) is 13.2 Å². The average Bonchev–Trinajstić information content (AvgIpc) is 3.26. The minimum Gasteiger partial charge on any atom is -0.494 e. The standard InChI is InChI=1S/C30H32N2O4/c1-23-30(19-8-14-24-10-4-2-5-11-24,29(34)31-22-25-12-6-3-7-13-25)32-28(36-23)26-15-17-27(18-16-26)35-21-9-20-33/h2-8,10-18,23,33H,9,19-22H2,1H3,(H,31,34)/b14-8+/t23-,30-/m1/s1. The molecule has 0 spiro atoms. The lowest BCUT2D eigenvalue weighted by molar-refractivity contribution is -0.128. The Morgan fingerprint density at radius 2 is 1.75 bits per heavy atom. The maximum Gasteiger partial charge on any atom is 0.252 e. The highest BCUT2D eigenvalue weighted by molar-refractivity contribution is 6.00. The van der Waals surface area contributed by atoms with E-state index in [1.165, 1.54) is 0 Å². The number of aliphatic imine (C=N–C) groups is 1. The molecule has 6 heteroatoms. The smallest absolute Gasteiger partial charge is 0.252 e. The highest BCUT2D eigenvalue weighted by Crippen LogP contribution is 2.33. The molecule has 6 nitrogen and oxygen atoms in total. The molecule has 2 N–H and O–H groups in total. The van der Waals surface area contributed by atoms with E-state index in [4.69, 9.17) is 19.6 Å². The zero-order valence-electron chi connectivity index (χ0n) is 20.5. The van der Waals surface area contributed by atoms with Gasteiger partial charge in [0.15, 0.2) is 5.54 Å². The monoisotopic (exact) mass is 484 g/mol. The van der Waals surface area contributed by atoms with Crippen LogP contribution in [0, 0.1) is 0 Å². The Bertz CT molecular complexity index is 1180. The minimum atomic E-state index is -1.09. The number of carbonyl (C=O) groups excluding carboxylic acids is 1. The zero-order chi connectivity index (χ0) is 25.2. The first-order chi connectivity index (χ1) is 17.6. The second-order valence-electron chi connectivity index (χ2n) is 8.74. The first kappa shape index (κ1) is 25.2. The molecule has 1 aliphatic heterocycles. The van der Waals surface area contributed by atoms with E-state index in [9.17, 15) is 4.79 Å². The van der Waals surface area contributed by atoms with Gasteiger partial charge in [0, 0.05) is 31.6 Å². The molecule has 4 rings (SSSR count). The summed E-state index contributed by atoms with van der Waals surface area (Å²) in [5, 5.41) is 12.0. The van der Waals surface area contributed by atoms with Crippen LogP contribution in [-0.2, 0) is 16.1 Å². The predicted octanol–water partition coefficient (Wildman–Crippen LogP) is 4.77. The van der Waals surface area contributed by atoms with Gasteiger partial charge in [-0.05, 0) is 42.3 Å². The number of nitrogens with one attached hydrogen (secondary N) is 1. The number of rotatable bonds is 11. The Labute approximate surface area is 212 Å². The molecule has 1 heterocycles. The number of carbonyl (C=O) groups is 1. The van der Waals surface area contributed by atoms with Crippen molar-refractivity contribution in [3.63, 3.8) is 0 Å². The van der Waals surface area contributed by atoms with Gasteiger partial charge in [-0.15, -0.1) is 0 Å². The SMILES string of the molecule is C[C@H]1OC(c2ccc(OCCCO)cc2)=N[C@@]1(C/C=C/c1ccccc1)C(=O)NCc1ccccc1. The molecule has 1 amide bonds. The molecule has 0 fully saturated rings. The third-order valence-electron chi connectivity index (χ3n) is 6.16. The molecule has 0 saturated heterocycles. The quantitative estimate of drug-likeness (QED) is 0.384. The minimum absolute atomic E-state index is 0.0910. The van der Waals surface area contributed by atoms with E-state index >= 15 is 0 Å². The highest BCUT2D eigenvalue weighted by Gasteiger charge is 2.49. The van der Waals surface area contributed by atoms with Gasteiger partial charge in [0.2, 0.25) is 5.90 Å². The molecule has 36 heavy (non-hydrogen) atoms. The van der Waals surface area contributed by atoms with Crippen LogP contribution in [0.1, 0.15) is 36.5 Å². The number of aliphatic hydroxyl groups excluding tert-OH is 1. The van der Waals surface area contributed by atoms with Crippen LogP contribution in [0.5, 0.6) is 5.75 Å². The summed E-state index contributed by atoms with van der Waals surface area (Å²) in [6.07, 6.45) is 4.51. The largest absolute Gasteiger partial charge is 0.494 e. The van der Waals surface area contributed by atoms with Gasteiger partial charge in [-0.25, -0.2) is 4.99 Å². The molecule has 186 valence electrons. The predicted molar refractivity (Wildman–Crippen MR) is 142 cm³/mol. The third kappa shape index (κ3) is 6.20. The van der Waals surface area contributed by atoms with Crippen LogP contribution in [0.25, 0.3) is 6.08 Å². The molecule has 2 atom stereocenters. The number of aliphatic hydroxyl groups is 1.